The van der Waals surface area contributed by atoms with Crippen LogP contribution in [0.5, 0.6) is 0 Å². The van der Waals surface area contributed by atoms with Gasteiger partial charge in [-0.05, 0) is 12.0 Å². The molecule has 7 heteroatoms. The molecule has 1 fully saturated rings. The van der Waals surface area contributed by atoms with Crippen LogP contribution in [0.1, 0.15) is 29.1 Å². The molecular weight excluding hydrogens is 352 g/mol. The summed E-state index contributed by atoms with van der Waals surface area (Å²) < 4.78 is 5.32. The predicted octanol–water partition coefficient (Wildman–Crippen LogP) is 2.37. The third-order valence-electron chi connectivity index (χ3n) is 4.57. The summed E-state index contributed by atoms with van der Waals surface area (Å²) in [5, 5.41) is 12.0. The van der Waals surface area contributed by atoms with Crippen molar-refractivity contribution >= 4 is 23.2 Å². The van der Waals surface area contributed by atoms with Gasteiger partial charge in [-0.3, -0.25) is 9.59 Å². The smallest absolute Gasteiger partial charge is 0.305 e. The summed E-state index contributed by atoms with van der Waals surface area (Å²) in [6.45, 7) is 0.439. The SMILES string of the molecule is COC1CC(CC(=O)O)N(C(=O)Cc2csc(Cc3ccccc3)n2)C1. The summed E-state index contributed by atoms with van der Waals surface area (Å²) in [7, 11) is 1.59. The Morgan fingerprint density at radius 1 is 1.35 bits per heavy atom. The molecule has 3 rings (SSSR count). The van der Waals surface area contributed by atoms with Crippen LogP contribution in [0.25, 0.3) is 0 Å². The summed E-state index contributed by atoms with van der Waals surface area (Å²) in [5.74, 6) is -0.990. The number of likely N-dealkylation sites (tertiary alicyclic amines) is 1. The van der Waals surface area contributed by atoms with Gasteiger partial charge in [0, 0.05) is 31.5 Å². The summed E-state index contributed by atoms with van der Waals surface area (Å²) in [4.78, 5) is 29.9. The molecule has 0 radical (unpaired) electrons. The van der Waals surface area contributed by atoms with Crippen LogP contribution in [-0.4, -0.2) is 52.7 Å². The van der Waals surface area contributed by atoms with Gasteiger partial charge < -0.3 is 14.7 Å². The highest BCUT2D eigenvalue weighted by atomic mass is 32.1. The first-order valence-corrected chi connectivity index (χ1v) is 9.44. The topological polar surface area (TPSA) is 79.7 Å². The van der Waals surface area contributed by atoms with E-state index in [4.69, 9.17) is 9.84 Å². The Balaban J connectivity index is 1.62. The van der Waals surface area contributed by atoms with Crippen molar-refractivity contribution in [3.63, 3.8) is 0 Å². The highest BCUT2D eigenvalue weighted by molar-refractivity contribution is 7.09. The molecule has 0 saturated carbocycles. The van der Waals surface area contributed by atoms with Crippen molar-refractivity contribution in [2.24, 2.45) is 0 Å². The van der Waals surface area contributed by atoms with E-state index in [1.807, 2.05) is 23.6 Å². The molecule has 2 unspecified atom stereocenters. The van der Waals surface area contributed by atoms with Crippen molar-refractivity contribution in [1.82, 2.24) is 9.88 Å². The van der Waals surface area contributed by atoms with Crippen molar-refractivity contribution in [3.05, 3.63) is 52.0 Å². The molecule has 0 aliphatic carbocycles. The number of ether oxygens (including phenoxy) is 1. The highest BCUT2D eigenvalue weighted by Gasteiger charge is 2.36. The van der Waals surface area contributed by atoms with Gasteiger partial charge in [0.1, 0.15) is 0 Å². The normalized spacial score (nSPS) is 19.7. The molecule has 0 spiro atoms. The minimum atomic E-state index is -0.900. The molecular formula is C19H22N2O4S. The lowest BCUT2D eigenvalue weighted by Crippen LogP contribution is -2.38. The van der Waals surface area contributed by atoms with Crippen molar-refractivity contribution in [2.45, 2.75) is 37.8 Å². The second-order valence-corrected chi connectivity index (χ2v) is 7.41. The monoisotopic (exact) mass is 374 g/mol. The summed E-state index contributed by atoms with van der Waals surface area (Å²) in [6, 6.07) is 9.76. The molecule has 1 aromatic heterocycles. The van der Waals surface area contributed by atoms with Gasteiger partial charge in [-0.2, -0.15) is 0 Å². The van der Waals surface area contributed by atoms with Gasteiger partial charge in [0.05, 0.1) is 29.6 Å². The maximum absolute atomic E-state index is 12.7. The number of thiazole rings is 1. The number of carboxylic acids is 1. The Kier molecular flexibility index (Phi) is 6.00. The Labute approximate surface area is 156 Å². The van der Waals surface area contributed by atoms with Gasteiger partial charge in [0.15, 0.2) is 0 Å². The van der Waals surface area contributed by atoms with Crippen LogP contribution in [0.15, 0.2) is 35.7 Å². The lowest BCUT2D eigenvalue weighted by molar-refractivity contribution is -0.139. The van der Waals surface area contributed by atoms with Crippen LogP contribution in [0.4, 0.5) is 0 Å². The molecule has 2 atom stereocenters. The van der Waals surface area contributed by atoms with Crippen LogP contribution in [0.2, 0.25) is 0 Å². The zero-order chi connectivity index (χ0) is 18.5. The standard InChI is InChI=1S/C19H22N2O4S/c1-25-16-9-15(10-19(23)24)21(11-16)18(22)8-14-12-26-17(20-14)7-13-5-3-2-4-6-13/h2-6,12,15-16H,7-11H2,1H3,(H,23,24). The number of aromatic nitrogens is 1. The van der Waals surface area contributed by atoms with Gasteiger partial charge in [-0.1, -0.05) is 30.3 Å². The molecule has 26 heavy (non-hydrogen) atoms. The molecule has 2 heterocycles. The average molecular weight is 374 g/mol. The summed E-state index contributed by atoms with van der Waals surface area (Å²) in [6.07, 6.45) is 1.34. The number of nitrogens with zero attached hydrogens (tertiary/aromatic N) is 2. The predicted molar refractivity (Wildman–Crippen MR) is 98.2 cm³/mol. The number of hydrogen-bond donors (Lipinski definition) is 1. The van der Waals surface area contributed by atoms with E-state index in [2.05, 4.69) is 17.1 Å². The number of benzene rings is 1. The second-order valence-electron chi connectivity index (χ2n) is 6.46. The third kappa shape index (κ3) is 4.68. The molecule has 0 bridgehead atoms. The maximum atomic E-state index is 12.7. The van der Waals surface area contributed by atoms with E-state index in [0.717, 1.165) is 17.1 Å². The summed E-state index contributed by atoms with van der Waals surface area (Å²) in [5.41, 5.74) is 1.92. The minimum absolute atomic E-state index is 0.0536. The maximum Gasteiger partial charge on any atom is 0.305 e. The summed E-state index contributed by atoms with van der Waals surface area (Å²) >= 11 is 1.54. The zero-order valence-corrected chi connectivity index (χ0v) is 15.4. The van der Waals surface area contributed by atoms with E-state index in [0.29, 0.717) is 13.0 Å². The second kappa shape index (κ2) is 8.42. The number of carboxylic acid groups (broad SMARTS) is 1. The van der Waals surface area contributed by atoms with E-state index in [9.17, 15) is 9.59 Å². The first-order chi connectivity index (χ1) is 12.5. The number of carbonyl (C=O) groups is 2. The van der Waals surface area contributed by atoms with Gasteiger partial charge >= 0.3 is 5.97 Å². The van der Waals surface area contributed by atoms with Gasteiger partial charge in [0.2, 0.25) is 5.91 Å². The number of aliphatic carboxylic acids is 1. The quantitative estimate of drug-likeness (QED) is 0.805. The third-order valence-corrected chi connectivity index (χ3v) is 5.47. The number of amides is 1. The largest absolute Gasteiger partial charge is 0.481 e. The average Bonchev–Trinajstić information content (AvgIpc) is 3.22. The van der Waals surface area contributed by atoms with Gasteiger partial charge in [-0.15, -0.1) is 11.3 Å². The van der Waals surface area contributed by atoms with Crippen molar-refractivity contribution < 1.29 is 19.4 Å². The van der Waals surface area contributed by atoms with Gasteiger partial charge in [0.25, 0.3) is 0 Å². The molecule has 2 aromatic rings. The Hall–Kier alpha value is -2.25. The fourth-order valence-electron chi connectivity index (χ4n) is 3.28. The van der Waals surface area contributed by atoms with Crippen molar-refractivity contribution in [1.29, 1.82) is 0 Å². The van der Waals surface area contributed by atoms with E-state index in [1.54, 1.807) is 23.3 Å². The van der Waals surface area contributed by atoms with Crippen LogP contribution in [0.3, 0.4) is 0 Å². The number of rotatable bonds is 7. The molecule has 1 N–H and O–H groups in total. The Morgan fingerprint density at radius 2 is 2.12 bits per heavy atom. The number of hydrogen-bond acceptors (Lipinski definition) is 5. The first kappa shape index (κ1) is 18.5. The van der Waals surface area contributed by atoms with Crippen molar-refractivity contribution in [3.8, 4) is 0 Å². The Morgan fingerprint density at radius 3 is 2.81 bits per heavy atom. The van der Waals surface area contributed by atoms with Gasteiger partial charge in [-0.25, -0.2) is 4.98 Å². The lowest BCUT2D eigenvalue weighted by atomic mass is 10.1. The molecule has 1 aliphatic heterocycles. The highest BCUT2D eigenvalue weighted by Crippen LogP contribution is 2.24. The fraction of sp³-hybridized carbons (Fsp3) is 0.421. The van der Waals surface area contributed by atoms with E-state index >= 15 is 0 Å². The fourth-order valence-corrected chi connectivity index (χ4v) is 4.11. The van der Waals surface area contributed by atoms with E-state index in [1.165, 1.54) is 5.56 Å². The molecule has 1 saturated heterocycles. The number of carbonyl (C=O) groups excluding carboxylic acids is 1. The molecule has 138 valence electrons. The Bertz CT molecular complexity index is 762. The molecule has 1 amide bonds. The minimum Gasteiger partial charge on any atom is -0.481 e. The van der Waals surface area contributed by atoms with Crippen LogP contribution >= 0.6 is 11.3 Å². The zero-order valence-electron chi connectivity index (χ0n) is 14.6. The van der Waals surface area contributed by atoms with Crippen LogP contribution in [-0.2, 0) is 27.2 Å². The number of methoxy groups -OCH3 is 1. The first-order valence-electron chi connectivity index (χ1n) is 8.56. The van der Waals surface area contributed by atoms with Crippen molar-refractivity contribution in [2.75, 3.05) is 13.7 Å². The lowest BCUT2D eigenvalue weighted by Gasteiger charge is -2.22. The van der Waals surface area contributed by atoms with Crippen LogP contribution in [0, 0.1) is 0 Å². The molecule has 1 aromatic carbocycles. The van der Waals surface area contributed by atoms with E-state index in [-0.39, 0.29) is 30.9 Å². The van der Waals surface area contributed by atoms with Crippen LogP contribution < -0.4 is 0 Å². The molecule has 1 aliphatic rings. The molecule has 6 nitrogen and oxygen atoms in total. The van der Waals surface area contributed by atoms with E-state index < -0.39 is 5.97 Å².